The lowest BCUT2D eigenvalue weighted by Crippen LogP contribution is -2.32. The molecule has 0 radical (unpaired) electrons. The predicted octanol–water partition coefficient (Wildman–Crippen LogP) is 3.84. The molecule has 0 unspecified atom stereocenters. The van der Waals surface area contributed by atoms with Crippen molar-refractivity contribution in [3.63, 3.8) is 0 Å². The molecule has 1 aromatic heterocycles. The Morgan fingerprint density at radius 1 is 1.19 bits per heavy atom. The second kappa shape index (κ2) is 6.30. The zero-order chi connectivity index (χ0) is 18.4. The van der Waals surface area contributed by atoms with Gasteiger partial charge in [-0.2, -0.15) is 0 Å². The highest BCUT2D eigenvalue weighted by Crippen LogP contribution is 2.50. The topological polar surface area (TPSA) is 71.2 Å². The molecule has 5 nitrogen and oxygen atoms in total. The molecule has 2 N–H and O–H groups in total. The Balaban J connectivity index is 1.60. The van der Waals surface area contributed by atoms with Crippen LogP contribution in [0.15, 0.2) is 53.6 Å². The van der Waals surface area contributed by atoms with Gasteiger partial charge in [0.05, 0.1) is 12.0 Å². The average Bonchev–Trinajstić information content (AvgIpc) is 3.31. The molecule has 0 atom stereocenters. The van der Waals surface area contributed by atoms with Gasteiger partial charge in [0.1, 0.15) is 5.75 Å². The first-order chi connectivity index (χ1) is 12.4. The first-order valence-electron chi connectivity index (χ1n) is 8.34. The number of methoxy groups -OCH3 is 1. The quantitative estimate of drug-likeness (QED) is 0.671. The van der Waals surface area contributed by atoms with Gasteiger partial charge in [0.15, 0.2) is 0 Å². The standard InChI is InChI=1S/C19H19ClN2O3S/c1-25-14-4-7-18-16(10-14)17(11-21-18)19(8-9-19)12-22-26(23,24)15-5-2-13(20)3-6-15/h2-7,10-11,21-22H,8-9,12H2,1H3. The van der Waals surface area contributed by atoms with Gasteiger partial charge < -0.3 is 9.72 Å². The van der Waals surface area contributed by atoms with Gasteiger partial charge in [-0.1, -0.05) is 11.6 Å². The Bertz CT molecular complexity index is 1050. The zero-order valence-corrected chi connectivity index (χ0v) is 15.8. The van der Waals surface area contributed by atoms with Crippen LogP contribution in [0.4, 0.5) is 0 Å². The van der Waals surface area contributed by atoms with E-state index >= 15 is 0 Å². The molecule has 1 fully saturated rings. The van der Waals surface area contributed by atoms with Gasteiger partial charge in [-0.25, -0.2) is 13.1 Å². The fraction of sp³-hybridized carbons (Fsp3) is 0.263. The lowest BCUT2D eigenvalue weighted by molar-refractivity contribution is 0.415. The van der Waals surface area contributed by atoms with Crippen molar-refractivity contribution < 1.29 is 13.2 Å². The summed E-state index contributed by atoms with van der Waals surface area (Å²) in [5, 5.41) is 1.59. The molecule has 0 spiro atoms. The van der Waals surface area contributed by atoms with E-state index in [0.717, 1.165) is 35.1 Å². The number of hydrogen-bond acceptors (Lipinski definition) is 3. The SMILES string of the molecule is COc1ccc2[nH]cc(C3(CNS(=O)(=O)c4ccc(Cl)cc4)CC3)c2c1. The van der Waals surface area contributed by atoms with Gasteiger partial charge in [0.25, 0.3) is 0 Å². The van der Waals surface area contributed by atoms with Gasteiger partial charge in [-0.3, -0.25) is 0 Å². The number of nitrogens with one attached hydrogen (secondary N) is 2. The number of hydrogen-bond donors (Lipinski definition) is 2. The summed E-state index contributed by atoms with van der Waals surface area (Å²) in [6.07, 6.45) is 3.87. The predicted molar refractivity (Wildman–Crippen MR) is 102 cm³/mol. The highest BCUT2D eigenvalue weighted by molar-refractivity contribution is 7.89. The molecular formula is C19H19ClN2O3S. The Morgan fingerprint density at radius 3 is 2.58 bits per heavy atom. The summed E-state index contributed by atoms with van der Waals surface area (Å²) in [6.45, 7) is 0.363. The maximum Gasteiger partial charge on any atom is 0.240 e. The maximum absolute atomic E-state index is 12.6. The highest BCUT2D eigenvalue weighted by atomic mass is 35.5. The third-order valence-corrected chi connectivity index (χ3v) is 6.71. The van der Waals surface area contributed by atoms with Crippen LogP contribution in [0.3, 0.4) is 0 Å². The zero-order valence-electron chi connectivity index (χ0n) is 14.3. The number of fused-ring (bicyclic) bond motifs is 1. The summed E-state index contributed by atoms with van der Waals surface area (Å²) >= 11 is 5.84. The third-order valence-electron chi connectivity index (χ3n) is 5.04. The smallest absolute Gasteiger partial charge is 0.240 e. The van der Waals surface area contributed by atoms with Crippen molar-refractivity contribution in [2.75, 3.05) is 13.7 Å². The molecule has 0 saturated heterocycles. The first-order valence-corrected chi connectivity index (χ1v) is 10.2. The van der Waals surface area contributed by atoms with E-state index in [1.54, 1.807) is 19.2 Å². The lowest BCUT2D eigenvalue weighted by Gasteiger charge is -2.16. The molecule has 0 amide bonds. The van der Waals surface area contributed by atoms with E-state index in [0.29, 0.717) is 11.6 Å². The van der Waals surface area contributed by atoms with Gasteiger partial charge >= 0.3 is 0 Å². The molecule has 1 aliphatic carbocycles. The van der Waals surface area contributed by atoms with E-state index in [2.05, 4.69) is 9.71 Å². The van der Waals surface area contributed by atoms with Crippen molar-refractivity contribution in [2.45, 2.75) is 23.2 Å². The van der Waals surface area contributed by atoms with E-state index in [9.17, 15) is 8.42 Å². The van der Waals surface area contributed by atoms with E-state index in [1.165, 1.54) is 12.1 Å². The van der Waals surface area contributed by atoms with Gasteiger partial charge in [0, 0.05) is 34.1 Å². The van der Waals surface area contributed by atoms with E-state index < -0.39 is 10.0 Å². The molecule has 2 aromatic carbocycles. The van der Waals surface area contributed by atoms with Crippen LogP contribution < -0.4 is 9.46 Å². The van der Waals surface area contributed by atoms with Crippen LogP contribution in [-0.2, 0) is 15.4 Å². The number of benzene rings is 2. The molecule has 0 bridgehead atoms. The van der Waals surface area contributed by atoms with Crippen LogP contribution in [0.2, 0.25) is 5.02 Å². The minimum Gasteiger partial charge on any atom is -0.497 e. The molecule has 4 rings (SSSR count). The van der Waals surface area contributed by atoms with Crippen molar-refractivity contribution in [3.05, 3.63) is 59.2 Å². The third kappa shape index (κ3) is 3.09. The van der Waals surface area contributed by atoms with Crippen molar-refractivity contribution in [1.82, 2.24) is 9.71 Å². The minimum absolute atomic E-state index is 0.176. The van der Waals surface area contributed by atoms with Crippen LogP contribution in [0, 0.1) is 0 Å². The Morgan fingerprint density at radius 2 is 1.92 bits per heavy atom. The molecule has 26 heavy (non-hydrogen) atoms. The van der Waals surface area contributed by atoms with Crippen molar-refractivity contribution in [1.29, 1.82) is 0 Å². The monoisotopic (exact) mass is 390 g/mol. The largest absolute Gasteiger partial charge is 0.497 e. The van der Waals surface area contributed by atoms with E-state index in [1.807, 2.05) is 24.4 Å². The minimum atomic E-state index is -3.57. The fourth-order valence-corrected chi connectivity index (χ4v) is 4.54. The molecule has 7 heteroatoms. The number of aromatic nitrogens is 1. The van der Waals surface area contributed by atoms with Crippen LogP contribution in [0.25, 0.3) is 10.9 Å². The van der Waals surface area contributed by atoms with Crippen molar-refractivity contribution in [3.8, 4) is 5.75 Å². The normalized spacial score (nSPS) is 15.9. The summed E-state index contributed by atoms with van der Waals surface area (Å²) in [5.74, 6) is 0.788. The summed E-state index contributed by atoms with van der Waals surface area (Å²) in [4.78, 5) is 3.49. The molecule has 1 aliphatic rings. The summed E-state index contributed by atoms with van der Waals surface area (Å²) in [5.41, 5.74) is 1.97. The molecule has 0 aliphatic heterocycles. The molecule has 136 valence electrons. The molecule has 1 saturated carbocycles. The van der Waals surface area contributed by atoms with Crippen LogP contribution in [-0.4, -0.2) is 27.1 Å². The summed E-state index contributed by atoms with van der Waals surface area (Å²) in [7, 11) is -1.93. The van der Waals surface area contributed by atoms with Gasteiger partial charge in [-0.15, -0.1) is 0 Å². The van der Waals surface area contributed by atoms with E-state index in [4.69, 9.17) is 16.3 Å². The molecule has 1 heterocycles. The lowest BCUT2D eigenvalue weighted by atomic mass is 9.95. The number of rotatable bonds is 6. The van der Waals surface area contributed by atoms with Crippen molar-refractivity contribution >= 4 is 32.5 Å². The summed E-state index contributed by atoms with van der Waals surface area (Å²) < 4.78 is 33.2. The Kier molecular flexibility index (Phi) is 4.22. The Hall–Kier alpha value is -2.02. The van der Waals surface area contributed by atoms with E-state index in [-0.39, 0.29) is 10.3 Å². The Labute approximate surface area is 157 Å². The molecular weight excluding hydrogens is 372 g/mol. The second-order valence-electron chi connectivity index (χ2n) is 6.67. The first kappa shape index (κ1) is 17.4. The van der Waals surface area contributed by atoms with Crippen LogP contribution >= 0.6 is 11.6 Å². The number of ether oxygens (including phenoxy) is 1. The number of H-pyrrole nitrogens is 1. The highest BCUT2D eigenvalue weighted by Gasteiger charge is 2.46. The molecule has 3 aromatic rings. The number of aromatic amines is 1. The van der Waals surface area contributed by atoms with Gasteiger partial charge in [-0.05, 0) is 60.9 Å². The van der Waals surface area contributed by atoms with Crippen LogP contribution in [0.5, 0.6) is 5.75 Å². The van der Waals surface area contributed by atoms with Gasteiger partial charge in [0.2, 0.25) is 10.0 Å². The van der Waals surface area contributed by atoms with Crippen molar-refractivity contribution in [2.24, 2.45) is 0 Å². The van der Waals surface area contributed by atoms with Crippen LogP contribution in [0.1, 0.15) is 18.4 Å². The number of sulfonamides is 1. The fourth-order valence-electron chi connectivity index (χ4n) is 3.29. The summed E-state index contributed by atoms with van der Waals surface area (Å²) in [6, 6.07) is 12.1. The average molecular weight is 391 g/mol. The second-order valence-corrected chi connectivity index (χ2v) is 8.88. The maximum atomic E-state index is 12.6. The number of halogens is 1.